The molecule has 0 bridgehead atoms. The Morgan fingerprint density at radius 2 is 1.97 bits per heavy atom. The molecule has 0 aliphatic carbocycles. The summed E-state index contributed by atoms with van der Waals surface area (Å²) in [7, 11) is 0. The van der Waals surface area contributed by atoms with Gasteiger partial charge in [-0.25, -0.2) is 4.79 Å². The molecule has 2 aliphatic rings. The van der Waals surface area contributed by atoms with Crippen LogP contribution in [0.2, 0.25) is 5.02 Å². The summed E-state index contributed by atoms with van der Waals surface area (Å²) in [6.45, 7) is 7.87. The quantitative estimate of drug-likeness (QED) is 0.516. The molecule has 7 nitrogen and oxygen atoms in total. The molecule has 11 heteroatoms. The molecule has 1 N–H and O–H groups in total. The van der Waals surface area contributed by atoms with Crippen LogP contribution in [0.5, 0.6) is 0 Å². The number of halogens is 4. The van der Waals surface area contributed by atoms with Gasteiger partial charge < -0.3 is 14.8 Å². The van der Waals surface area contributed by atoms with E-state index in [1.807, 2.05) is 25.5 Å². The Balaban J connectivity index is 1.53. The number of fused-ring (bicyclic) bond motifs is 1. The third kappa shape index (κ3) is 5.95. The lowest BCUT2D eigenvalue weighted by molar-refractivity contribution is -0.137. The summed E-state index contributed by atoms with van der Waals surface area (Å²) in [4.78, 5) is 25.6. The van der Waals surface area contributed by atoms with E-state index in [1.54, 1.807) is 0 Å². The van der Waals surface area contributed by atoms with Crippen molar-refractivity contribution in [1.82, 2.24) is 15.1 Å². The van der Waals surface area contributed by atoms with E-state index < -0.39 is 28.1 Å². The number of ether oxygens (including phenoxy) is 2. The molecule has 0 saturated carbocycles. The lowest BCUT2D eigenvalue weighted by atomic mass is 9.76. The fourth-order valence-electron chi connectivity index (χ4n) is 4.97. The Kier molecular flexibility index (Phi) is 7.63. The third-order valence-electron chi connectivity index (χ3n) is 7.09. The molecule has 0 unspecified atom stereocenters. The van der Waals surface area contributed by atoms with Crippen LogP contribution in [0.3, 0.4) is 0 Å². The maximum absolute atomic E-state index is 13.2. The van der Waals surface area contributed by atoms with Crippen LogP contribution >= 0.6 is 11.6 Å². The predicted octanol–water partition coefficient (Wildman–Crippen LogP) is 5.08. The number of aryl methyl sites for hydroxylation is 1. The average molecular weight is 542 g/mol. The van der Waals surface area contributed by atoms with Crippen molar-refractivity contribution < 1.29 is 32.2 Å². The van der Waals surface area contributed by atoms with Gasteiger partial charge in [-0.1, -0.05) is 32.4 Å². The van der Waals surface area contributed by atoms with Gasteiger partial charge in [0.15, 0.2) is 0 Å². The van der Waals surface area contributed by atoms with E-state index in [9.17, 15) is 22.8 Å². The van der Waals surface area contributed by atoms with Crippen LogP contribution in [0.1, 0.15) is 71.3 Å². The number of nitrogens with zero attached hydrogens (tertiary/aromatic N) is 2. The van der Waals surface area contributed by atoms with Crippen molar-refractivity contribution in [2.75, 3.05) is 26.4 Å². The van der Waals surface area contributed by atoms with Crippen LogP contribution in [0, 0.1) is 10.8 Å². The van der Waals surface area contributed by atoms with E-state index in [-0.39, 0.29) is 23.5 Å². The number of hydrogen-bond acceptors (Lipinski definition) is 5. The second-order valence-corrected chi connectivity index (χ2v) is 11.1. The van der Waals surface area contributed by atoms with E-state index in [1.165, 1.54) is 6.07 Å². The SMILES string of the molecule is CCc1nn(CC(C)(C)COC(=O)c2ccc(Cl)c(C(F)(F)F)c2)c2c1C(=O)NCC1(CCOCC1)C2. The molecule has 1 aromatic carbocycles. The number of alkyl halides is 3. The molecule has 0 atom stereocenters. The second kappa shape index (κ2) is 10.3. The summed E-state index contributed by atoms with van der Waals surface area (Å²) in [5.41, 5.74) is 0.140. The van der Waals surface area contributed by atoms with Crippen molar-refractivity contribution in [3.63, 3.8) is 0 Å². The van der Waals surface area contributed by atoms with E-state index in [4.69, 9.17) is 26.2 Å². The first kappa shape index (κ1) is 27.4. The van der Waals surface area contributed by atoms with Gasteiger partial charge in [0.25, 0.3) is 5.91 Å². The summed E-state index contributed by atoms with van der Waals surface area (Å²) in [6.07, 6.45) is -1.75. The highest BCUT2D eigenvalue weighted by Gasteiger charge is 2.40. The second-order valence-electron chi connectivity index (χ2n) is 10.7. The maximum atomic E-state index is 13.2. The molecule has 1 fully saturated rings. The molecule has 1 saturated heterocycles. The van der Waals surface area contributed by atoms with Crippen molar-refractivity contribution >= 4 is 23.5 Å². The first-order valence-electron chi connectivity index (χ1n) is 12.3. The zero-order valence-electron chi connectivity index (χ0n) is 21.1. The molecule has 0 radical (unpaired) electrons. The monoisotopic (exact) mass is 541 g/mol. The van der Waals surface area contributed by atoms with E-state index >= 15 is 0 Å². The van der Waals surface area contributed by atoms with Gasteiger partial charge in [-0.2, -0.15) is 18.3 Å². The van der Waals surface area contributed by atoms with Gasteiger partial charge >= 0.3 is 12.1 Å². The molecule has 202 valence electrons. The third-order valence-corrected chi connectivity index (χ3v) is 7.42. The molecule has 1 spiro atoms. The summed E-state index contributed by atoms with van der Waals surface area (Å²) in [6, 6.07) is 2.94. The number of hydrogen-bond donors (Lipinski definition) is 1. The maximum Gasteiger partial charge on any atom is 0.417 e. The van der Waals surface area contributed by atoms with Crippen molar-refractivity contribution in [3.8, 4) is 0 Å². The number of nitrogens with one attached hydrogen (secondary N) is 1. The Labute approximate surface area is 218 Å². The minimum absolute atomic E-state index is 0.0585. The van der Waals surface area contributed by atoms with Gasteiger partial charge in [-0.05, 0) is 49.3 Å². The van der Waals surface area contributed by atoms with Crippen LogP contribution in [0.25, 0.3) is 0 Å². The zero-order valence-corrected chi connectivity index (χ0v) is 21.9. The number of amides is 1. The number of benzene rings is 1. The molecule has 37 heavy (non-hydrogen) atoms. The first-order chi connectivity index (χ1) is 17.3. The van der Waals surface area contributed by atoms with Crippen molar-refractivity contribution in [2.45, 2.75) is 59.2 Å². The van der Waals surface area contributed by atoms with Gasteiger partial charge in [-0.15, -0.1) is 0 Å². The summed E-state index contributed by atoms with van der Waals surface area (Å²) >= 11 is 5.66. The van der Waals surface area contributed by atoms with E-state index in [2.05, 4.69) is 5.32 Å². The van der Waals surface area contributed by atoms with Crippen molar-refractivity contribution in [2.24, 2.45) is 10.8 Å². The largest absolute Gasteiger partial charge is 0.461 e. The van der Waals surface area contributed by atoms with Crippen molar-refractivity contribution in [3.05, 3.63) is 51.3 Å². The molecule has 2 aliphatic heterocycles. The fraction of sp³-hybridized carbons (Fsp3) is 0.577. The molecule has 3 heterocycles. The molecule has 4 rings (SSSR count). The van der Waals surface area contributed by atoms with Crippen LogP contribution in [0.4, 0.5) is 13.2 Å². The molecular weight excluding hydrogens is 511 g/mol. The van der Waals surface area contributed by atoms with Crippen LogP contribution in [0.15, 0.2) is 18.2 Å². The highest BCUT2D eigenvalue weighted by atomic mass is 35.5. The number of carbonyl (C=O) groups excluding carboxylic acids is 2. The summed E-state index contributed by atoms with van der Waals surface area (Å²) < 4.78 is 52.4. The molecule has 1 aromatic heterocycles. The lowest BCUT2D eigenvalue weighted by Crippen LogP contribution is -2.41. The lowest BCUT2D eigenvalue weighted by Gasteiger charge is -2.36. The number of carbonyl (C=O) groups is 2. The normalized spacial score (nSPS) is 17.8. The number of rotatable bonds is 6. The average Bonchev–Trinajstić information content (AvgIpc) is 3.09. The predicted molar refractivity (Wildman–Crippen MR) is 131 cm³/mol. The van der Waals surface area contributed by atoms with Gasteiger partial charge in [0.2, 0.25) is 0 Å². The minimum Gasteiger partial charge on any atom is -0.461 e. The fourth-order valence-corrected chi connectivity index (χ4v) is 5.19. The summed E-state index contributed by atoms with van der Waals surface area (Å²) in [5.74, 6) is -1.00. The highest BCUT2D eigenvalue weighted by molar-refractivity contribution is 6.31. The Morgan fingerprint density at radius 1 is 1.27 bits per heavy atom. The van der Waals surface area contributed by atoms with Gasteiger partial charge in [-0.3, -0.25) is 9.48 Å². The molecule has 1 amide bonds. The van der Waals surface area contributed by atoms with E-state index in [0.717, 1.165) is 24.6 Å². The first-order valence-corrected chi connectivity index (χ1v) is 12.7. The minimum atomic E-state index is -4.68. The Hall–Kier alpha value is -2.59. The Morgan fingerprint density at radius 3 is 2.62 bits per heavy atom. The topological polar surface area (TPSA) is 82.5 Å². The number of esters is 1. The Bertz CT molecular complexity index is 1190. The number of aromatic nitrogens is 2. The van der Waals surface area contributed by atoms with Crippen LogP contribution in [-0.2, 0) is 35.0 Å². The van der Waals surface area contributed by atoms with Gasteiger partial charge in [0, 0.05) is 31.7 Å². The van der Waals surface area contributed by atoms with Gasteiger partial charge in [0.1, 0.15) is 0 Å². The smallest absolute Gasteiger partial charge is 0.417 e. The molecule has 2 aromatic rings. The van der Waals surface area contributed by atoms with Crippen molar-refractivity contribution in [1.29, 1.82) is 0 Å². The van der Waals surface area contributed by atoms with E-state index in [0.29, 0.717) is 56.5 Å². The summed E-state index contributed by atoms with van der Waals surface area (Å²) in [5, 5.41) is 7.34. The zero-order chi connectivity index (χ0) is 27.0. The van der Waals surface area contributed by atoms with Crippen LogP contribution < -0.4 is 5.32 Å². The molecular formula is C26H31ClF3N3O4. The highest BCUT2D eigenvalue weighted by Crippen LogP contribution is 2.38. The van der Waals surface area contributed by atoms with Gasteiger partial charge in [0.05, 0.1) is 39.7 Å². The standard InChI is InChI=1S/C26H31ClF3N3O4/c1-4-19-21-20(12-25(13-31-22(21)34)7-9-36-10-8-25)33(32-19)14-24(2,3)15-37-23(35)16-5-6-18(27)17(11-16)26(28,29)30/h5-6,11H,4,7-10,12-15H2,1-3H3,(H,31,34). The van der Waals surface area contributed by atoms with Crippen LogP contribution in [-0.4, -0.2) is 48.0 Å².